The molecule has 0 spiro atoms. The Morgan fingerprint density at radius 3 is 2.90 bits per heavy atom. The second-order valence-electron chi connectivity index (χ2n) is 5.83. The van der Waals surface area contributed by atoms with Crippen LogP contribution in [0.4, 0.5) is 0 Å². The lowest BCUT2D eigenvalue weighted by Gasteiger charge is -2.23. The Balaban J connectivity index is 1.81. The topological polar surface area (TPSA) is 47.3 Å². The highest BCUT2D eigenvalue weighted by Crippen LogP contribution is 2.29. The van der Waals surface area contributed by atoms with Crippen molar-refractivity contribution in [3.8, 4) is 5.75 Å². The Labute approximate surface area is 126 Å². The van der Waals surface area contributed by atoms with Crippen molar-refractivity contribution in [2.45, 2.75) is 19.3 Å². The third kappa shape index (κ3) is 3.36. The van der Waals surface area contributed by atoms with E-state index in [4.69, 9.17) is 10.5 Å². The van der Waals surface area contributed by atoms with E-state index in [0.29, 0.717) is 12.5 Å². The van der Waals surface area contributed by atoms with Crippen molar-refractivity contribution in [2.24, 2.45) is 11.7 Å². The SMILES string of the molecule is NCCc1c(OCC2CCCNC2)ccc2ccccc12. The maximum Gasteiger partial charge on any atom is 0.123 e. The van der Waals surface area contributed by atoms with Gasteiger partial charge in [-0.15, -0.1) is 0 Å². The fraction of sp³-hybridized carbons (Fsp3) is 0.444. The monoisotopic (exact) mass is 284 g/mol. The number of ether oxygens (including phenoxy) is 1. The van der Waals surface area contributed by atoms with Gasteiger partial charge in [-0.05, 0) is 49.2 Å². The number of piperidine rings is 1. The molecule has 21 heavy (non-hydrogen) atoms. The Morgan fingerprint density at radius 1 is 1.19 bits per heavy atom. The summed E-state index contributed by atoms with van der Waals surface area (Å²) in [6.07, 6.45) is 3.37. The molecular formula is C18H24N2O. The number of hydrogen-bond acceptors (Lipinski definition) is 3. The summed E-state index contributed by atoms with van der Waals surface area (Å²) in [7, 11) is 0. The van der Waals surface area contributed by atoms with E-state index in [9.17, 15) is 0 Å². The van der Waals surface area contributed by atoms with Crippen LogP contribution in [0.15, 0.2) is 36.4 Å². The van der Waals surface area contributed by atoms with Gasteiger partial charge in [0, 0.05) is 18.0 Å². The molecule has 0 bridgehead atoms. The molecule has 0 saturated carbocycles. The van der Waals surface area contributed by atoms with Gasteiger partial charge >= 0.3 is 0 Å². The minimum atomic E-state index is 0.621. The van der Waals surface area contributed by atoms with E-state index in [2.05, 4.69) is 41.7 Å². The average Bonchev–Trinajstić information content (AvgIpc) is 2.55. The second-order valence-corrected chi connectivity index (χ2v) is 5.83. The number of fused-ring (bicyclic) bond motifs is 1. The fourth-order valence-electron chi connectivity index (χ4n) is 3.13. The van der Waals surface area contributed by atoms with E-state index in [1.807, 2.05) is 0 Å². The summed E-state index contributed by atoms with van der Waals surface area (Å²) in [6.45, 7) is 3.66. The van der Waals surface area contributed by atoms with Crippen molar-refractivity contribution in [3.63, 3.8) is 0 Å². The van der Waals surface area contributed by atoms with Crippen LogP contribution in [0.25, 0.3) is 10.8 Å². The highest BCUT2D eigenvalue weighted by molar-refractivity contribution is 5.87. The third-order valence-corrected chi connectivity index (χ3v) is 4.27. The number of rotatable bonds is 5. The van der Waals surface area contributed by atoms with E-state index >= 15 is 0 Å². The molecule has 1 heterocycles. The van der Waals surface area contributed by atoms with Gasteiger partial charge in [-0.1, -0.05) is 30.3 Å². The average molecular weight is 284 g/mol. The quantitative estimate of drug-likeness (QED) is 0.887. The highest BCUT2D eigenvalue weighted by Gasteiger charge is 2.15. The van der Waals surface area contributed by atoms with Crippen LogP contribution in [0.5, 0.6) is 5.75 Å². The van der Waals surface area contributed by atoms with Gasteiger partial charge in [0.05, 0.1) is 6.61 Å². The summed E-state index contributed by atoms with van der Waals surface area (Å²) in [5.74, 6) is 1.63. The number of nitrogens with one attached hydrogen (secondary N) is 1. The zero-order valence-corrected chi connectivity index (χ0v) is 12.5. The lowest BCUT2D eigenvalue weighted by molar-refractivity contribution is 0.217. The summed E-state index contributed by atoms with van der Waals surface area (Å²) < 4.78 is 6.14. The Morgan fingerprint density at radius 2 is 2.10 bits per heavy atom. The summed E-state index contributed by atoms with van der Waals surface area (Å²) in [6, 6.07) is 12.7. The van der Waals surface area contributed by atoms with E-state index in [1.54, 1.807) is 0 Å². The van der Waals surface area contributed by atoms with Crippen LogP contribution in [0.3, 0.4) is 0 Å². The predicted octanol–water partition coefficient (Wildman–Crippen LogP) is 2.72. The number of nitrogens with two attached hydrogens (primary N) is 1. The Bertz CT molecular complexity index is 591. The van der Waals surface area contributed by atoms with Crippen molar-refractivity contribution in [1.82, 2.24) is 5.32 Å². The molecule has 1 aliphatic rings. The molecule has 112 valence electrons. The largest absolute Gasteiger partial charge is 0.493 e. The molecule has 2 aromatic rings. The zero-order valence-electron chi connectivity index (χ0n) is 12.5. The molecule has 3 heteroatoms. The first kappa shape index (κ1) is 14.4. The van der Waals surface area contributed by atoms with Gasteiger partial charge < -0.3 is 15.8 Å². The van der Waals surface area contributed by atoms with E-state index in [1.165, 1.54) is 29.2 Å². The Kier molecular flexibility index (Phi) is 4.73. The van der Waals surface area contributed by atoms with Gasteiger partial charge in [-0.25, -0.2) is 0 Å². The zero-order chi connectivity index (χ0) is 14.5. The van der Waals surface area contributed by atoms with Crippen LogP contribution in [-0.2, 0) is 6.42 Å². The smallest absolute Gasteiger partial charge is 0.123 e. The molecule has 3 nitrogen and oxygen atoms in total. The third-order valence-electron chi connectivity index (χ3n) is 4.27. The molecule has 1 unspecified atom stereocenters. The van der Waals surface area contributed by atoms with E-state index < -0.39 is 0 Å². The van der Waals surface area contributed by atoms with E-state index in [0.717, 1.165) is 31.9 Å². The van der Waals surface area contributed by atoms with Crippen LogP contribution in [0.2, 0.25) is 0 Å². The van der Waals surface area contributed by atoms with E-state index in [-0.39, 0.29) is 0 Å². The van der Waals surface area contributed by atoms with Crippen LogP contribution in [-0.4, -0.2) is 26.2 Å². The predicted molar refractivity (Wildman–Crippen MR) is 87.8 cm³/mol. The van der Waals surface area contributed by atoms with Crippen molar-refractivity contribution in [2.75, 3.05) is 26.2 Å². The van der Waals surface area contributed by atoms with Crippen LogP contribution >= 0.6 is 0 Å². The minimum Gasteiger partial charge on any atom is -0.493 e. The molecule has 1 atom stereocenters. The van der Waals surface area contributed by atoms with Crippen molar-refractivity contribution in [1.29, 1.82) is 0 Å². The van der Waals surface area contributed by atoms with Gasteiger partial charge in [0.15, 0.2) is 0 Å². The molecule has 3 N–H and O–H groups in total. The highest BCUT2D eigenvalue weighted by atomic mass is 16.5. The van der Waals surface area contributed by atoms with Gasteiger partial charge in [0.2, 0.25) is 0 Å². The molecule has 0 radical (unpaired) electrons. The standard InChI is InChI=1S/C18H24N2O/c19-10-9-17-16-6-2-1-5-15(16)7-8-18(17)21-13-14-4-3-11-20-12-14/h1-2,5-8,14,20H,3-4,9-13,19H2. The van der Waals surface area contributed by atoms with Gasteiger partial charge in [0.1, 0.15) is 5.75 Å². The molecule has 1 saturated heterocycles. The number of benzene rings is 2. The first-order chi connectivity index (χ1) is 10.4. The molecule has 1 aliphatic heterocycles. The molecular weight excluding hydrogens is 260 g/mol. The second kappa shape index (κ2) is 6.92. The number of hydrogen-bond donors (Lipinski definition) is 2. The first-order valence-electron chi connectivity index (χ1n) is 7.92. The molecule has 2 aromatic carbocycles. The lowest BCUT2D eigenvalue weighted by atomic mass is 9.99. The minimum absolute atomic E-state index is 0.621. The molecule has 0 aromatic heterocycles. The van der Waals surface area contributed by atoms with Crippen LogP contribution in [0, 0.1) is 5.92 Å². The summed E-state index contributed by atoms with van der Waals surface area (Å²) in [5.41, 5.74) is 7.04. The van der Waals surface area contributed by atoms with Crippen LogP contribution in [0.1, 0.15) is 18.4 Å². The molecule has 0 amide bonds. The summed E-state index contributed by atoms with van der Waals surface area (Å²) >= 11 is 0. The summed E-state index contributed by atoms with van der Waals surface area (Å²) in [4.78, 5) is 0. The first-order valence-corrected chi connectivity index (χ1v) is 7.92. The summed E-state index contributed by atoms with van der Waals surface area (Å²) in [5, 5.41) is 5.96. The molecule has 3 rings (SSSR count). The van der Waals surface area contributed by atoms with Crippen molar-refractivity contribution < 1.29 is 4.74 Å². The Hall–Kier alpha value is -1.58. The molecule has 0 aliphatic carbocycles. The van der Waals surface area contributed by atoms with Crippen LogP contribution < -0.4 is 15.8 Å². The lowest BCUT2D eigenvalue weighted by Crippen LogP contribution is -2.33. The fourth-order valence-corrected chi connectivity index (χ4v) is 3.13. The van der Waals surface area contributed by atoms with Gasteiger partial charge in [-0.2, -0.15) is 0 Å². The van der Waals surface area contributed by atoms with Crippen molar-refractivity contribution >= 4 is 10.8 Å². The maximum absolute atomic E-state index is 6.14. The normalized spacial score (nSPS) is 18.8. The van der Waals surface area contributed by atoms with Gasteiger partial charge in [-0.3, -0.25) is 0 Å². The molecule has 1 fully saturated rings. The van der Waals surface area contributed by atoms with Gasteiger partial charge in [0.25, 0.3) is 0 Å². The maximum atomic E-state index is 6.14. The van der Waals surface area contributed by atoms with Crippen molar-refractivity contribution in [3.05, 3.63) is 42.0 Å².